The standard InChI is InChI=1S/C18H16N4O/c19-15-8-9-17-20-22(18(23)12-21(17)11-15)10-14-6-3-5-13-4-1-2-7-16(13)14/h1-9,11H,10,12,19H2. The van der Waals surface area contributed by atoms with Crippen LogP contribution in [0.5, 0.6) is 0 Å². The van der Waals surface area contributed by atoms with Crippen LogP contribution in [0.25, 0.3) is 10.8 Å². The van der Waals surface area contributed by atoms with Gasteiger partial charge >= 0.3 is 0 Å². The SMILES string of the molecule is NC1=CN2CC(=O)N(Cc3cccc4ccccc34)N=C2C=C1. The normalized spacial score (nSPS) is 17.1. The van der Waals surface area contributed by atoms with Crippen LogP contribution in [0.4, 0.5) is 0 Å². The lowest BCUT2D eigenvalue weighted by Gasteiger charge is -2.31. The van der Waals surface area contributed by atoms with Crippen LogP contribution in [0, 0.1) is 0 Å². The fourth-order valence-electron chi connectivity index (χ4n) is 2.90. The maximum absolute atomic E-state index is 12.4. The molecule has 0 radical (unpaired) electrons. The van der Waals surface area contributed by atoms with Crippen LogP contribution >= 0.6 is 0 Å². The number of allylic oxidation sites excluding steroid dienone is 1. The highest BCUT2D eigenvalue weighted by atomic mass is 16.2. The van der Waals surface area contributed by atoms with Crippen molar-refractivity contribution in [1.82, 2.24) is 9.91 Å². The van der Waals surface area contributed by atoms with E-state index >= 15 is 0 Å². The van der Waals surface area contributed by atoms with Crippen LogP contribution in [0.2, 0.25) is 0 Å². The van der Waals surface area contributed by atoms with E-state index in [1.54, 1.807) is 17.2 Å². The lowest BCUT2D eigenvalue weighted by atomic mass is 10.0. The van der Waals surface area contributed by atoms with Gasteiger partial charge < -0.3 is 10.6 Å². The Balaban J connectivity index is 1.67. The first-order chi connectivity index (χ1) is 11.2. The van der Waals surface area contributed by atoms with Crippen molar-refractivity contribution < 1.29 is 4.79 Å². The summed E-state index contributed by atoms with van der Waals surface area (Å²) in [6, 6.07) is 14.3. The number of nitrogens with two attached hydrogens (primary N) is 1. The van der Waals surface area contributed by atoms with Gasteiger partial charge in [0.2, 0.25) is 0 Å². The van der Waals surface area contributed by atoms with Crippen molar-refractivity contribution in [1.29, 1.82) is 0 Å². The number of nitrogens with zero attached hydrogens (tertiary/aromatic N) is 3. The van der Waals surface area contributed by atoms with Gasteiger partial charge in [-0.2, -0.15) is 5.10 Å². The number of rotatable bonds is 2. The first-order valence-electron chi connectivity index (χ1n) is 7.48. The third-order valence-electron chi connectivity index (χ3n) is 4.04. The van der Waals surface area contributed by atoms with Crippen LogP contribution in [0.1, 0.15) is 5.56 Å². The van der Waals surface area contributed by atoms with Crippen LogP contribution in [0.15, 0.2) is 71.6 Å². The average molecular weight is 304 g/mol. The second-order valence-corrected chi connectivity index (χ2v) is 5.64. The molecule has 0 atom stereocenters. The van der Waals surface area contributed by atoms with Crippen LogP contribution < -0.4 is 5.73 Å². The molecule has 0 bridgehead atoms. The molecule has 5 heteroatoms. The lowest BCUT2D eigenvalue weighted by Crippen LogP contribution is -2.45. The lowest BCUT2D eigenvalue weighted by molar-refractivity contribution is -0.132. The Bertz CT molecular complexity index is 876. The number of amidine groups is 1. The molecule has 2 N–H and O–H groups in total. The van der Waals surface area contributed by atoms with E-state index < -0.39 is 0 Å². The molecule has 4 rings (SSSR count). The predicted molar refractivity (Wildman–Crippen MR) is 90.0 cm³/mol. The van der Waals surface area contributed by atoms with Gasteiger partial charge in [-0.15, -0.1) is 0 Å². The number of benzene rings is 2. The molecule has 0 fully saturated rings. The molecule has 0 unspecified atom stereocenters. The summed E-state index contributed by atoms with van der Waals surface area (Å²) in [7, 11) is 0. The summed E-state index contributed by atoms with van der Waals surface area (Å²) >= 11 is 0. The van der Waals surface area contributed by atoms with E-state index in [-0.39, 0.29) is 12.5 Å². The van der Waals surface area contributed by atoms with Gasteiger partial charge in [0.15, 0.2) is 5.84 Å². The van der Waals surface area contributed by atoms with Gasteiger partial charge in [0, 0.05) is 11.9 Å². The highest BCUT2D eigenvalue weighted by molar-refractivity contribution is 6.00. The van der Waals surface area contributed by atoms with Gasteiger partial charge in [-0.1, -0.05) is 42.5 Å². The highest BCUT2D eigenvalue weighted by Crippen LogP contribution is 2.22. The quantitative estimate of drug-likeness (QED) is 0.925. The molecule has 2 heterocycles. The number of carbonyl (C=O) groups is 1. The summed E-state index contributed by atoms with van der Waals surface area (Å²) < 4.78 is 0. The minimum absolute atomic E-state index is 0.0407. The number of fused-ring (bicyclic) bond motifs is 2. The van der Waals surface area contributed by atoms with Crippen molar-refractivity contribution in [2.75, 3.05) is 6.54 Å². The molecule has 0 aromatic heterocycles. The zero-order valence-electron chi connectivity index (χ0n) is 12.5. The number of hydrogen-bond acceptors (Lipinski definition) is 4. The Morgan fingerprint density at radius 3 is 2.83 bits per heavy atom. The second-order valence-electron chi connectivity index (χ2n) is 5.64. The van der Waals surface area contributed by atoms with Crippen molar-refractivity contribution in [2.24, 2.45) is 10.8 Å². The van der Waals surface area contributed by atoms with Gasteiger partial charge in [0.05, 0.1) is 6.54 Å². The molecule has 2 aromatic rings. The van der Waals surface area contributed by atoms with E-state index in [9.17, 15) is 4.79 Å². The van der Waals surface area contributed by atoms with Crippen LogP contribution in [-0.2, 0) is 11.3 Å². The summed E-state index contributed by atoms with van der Waals surface area (Å²) in [5, 5.41) is 8.31. The maximum Gasteiger partial charge on any atom is 0.263 e. The minimum Gasteiger partial charge on any atom is -0.398 e. The van der Waals surface area contributed by atoms with E-state index in [0.717, 1.165) is 22.2 Å². The second kappa shape index (κ2) is 5.28. The third kappa shape index (κ3) is 2.46. The van der Waals surface area contributed by atoms with E-state index in [0.29, 0.717) is 12.2 Å². The molecular formula is C18H16N4O. The van der Waals surface area contributed by atoms with E-state index in [1.807, 2.05) is 30.3 Å². The molecule has 114 valence electrons. The molecule has 2 aliphatic heterocycles. The number of carbonyl (C=O) groups excluding carboxylic acids is 1. The Kier molecular flexibility index (Phi) is 3.12. The van der Waals surface area contributed by atoms with Crippen molar-refractivity contribution in [3.8, 4) is 0 Å². The molecule has 1 amide bonds. The number of amides is 1. The number of hydrazone groups is 1. The van der Waals surface area contributed by atoms with Crippen molar-refractivity contribution in [3.05, 3.63) is 72.1 Å². The van der Waals surface area contributed by atoms with E-state index in [2.05, 4.69) is 23.3 Å². The predicted octanol–water partition coefficient (Wildman–Crippen LogP) is 2.17. The van der Waals surface area contributed by atoms with Crippen molar-refractivity contribution >= 4 is 22.5 Å². The monoisotopic (exact) mass is 304 g/mol. The Morgan fingerprint density at radius 2 is 1.91 bits per heavy atom. The molecule has 0 saturated carbocycles. The Morgan fingerprint density at radius 1 is 1.09 bits per heavy atom. The molecular weight excluding hydrogens is 288 g/mol. The van der Waals surface area contributed by atoms with Crippen molar-refractivity contribution in [3.63, 3.8) is 0 Å². The molecule has 2 aliphatic rings. The molecule has 5 nitrogen and oxygen atoms in total. The number of hydrogen-bond donors (Lipinski definition) is 1. The van der Waals surface area contributed by atoms with E-state index in [4.69, 9.17) is 5.73 Å². The van der Waals surface area contributed by atoms with Gasteiger partial charge in [-0.05, 0) is 28.5 Å². The summed E-state index contributed by atoms with van der Waals surface area (Å²) in [5.41, 5.74) is 7.47. The van der Waals surface area contributed by atoms with Gasteiger partial charge in [0.1, 0.15) is 6.54 Å². The Hall–Kier alpha value is -3.08. The minimum atomic E-state index is -0.0407. The first kappa shape index (κ1) is 13.6. The molecule has 0 saturated heterocycles. The molecule has 23 heavy (non-hydrogen) atoms. The fraction of sp³-hybridized carbons (Fsp3) is 0.111. The summed E-state index contributed by atoms with van der Waals surface area (Å²) in [5.74, 6) is 0.695. The molecule has 0 aliphatic carbocycles. The third-order valence-corrected chi connectivity index (χ3v) is 4.04. The molecule has 0 spiro atoms. The van der Waals surface area contributed by atoms with Crippen molar-refractivity contribution in [2.45, 2.75) is 6.54 Å². The zero-order valence-corrected chi connectivity index (χ0v) is 12.5. The topological polar surface area (TPSA) is 61.9 Å². The smallest absolute Gasteiger partial charge is 0.263 e. The Labute approximate surface area is 134 Å². The highest BCUT2D eigenvalue weighted by Gasteiger charge is 2.26. The van der Waals surface area contributed by atoms with Crippen LogP contribution in [0.3, 0.4) is 0 Å². The molecule has 2 aromatic carbocycles. The largest absolute Gasteiger partial charge is 0.398 e. The van der Waals surface area contributed by atoms with Gasteiger partial charge in [-0.3, -0.25) is 4.79 Å². The summed E-state index contributed by atoms with van der Waals surface area (Å²) in [6.07, 6.45) is 5.37. The zero-order chi connectivity index (χ0) is 15.8. The average Bonchev–Trinajstić information content (AvgIpc) is 2.56. The maximum atomic E-state index is 12.4. The van der Waals surface area contributed by atoms with Crippen LogP contribution in [-0.4, -0.2) is 28.2 Å². The first-order valence-corrected chi connectivity index (χ1v) is 7.48. The summed E-state index contributed by atoms with van der Waals surface area (Å²) in [4.78, 5) is 14.2. The fourth-order valence-corrected chi connectivity index (χ4v) is 2.90. The summed E-state index contributed by atoms with van der Waals surface area (Å²) in [6.45, 7) is 0.721. The van der Waals surface area contributed by atoms with Gasteiger partial charge in [0.25, 0.3) is 5.91 Å². The van der Waals surface area contributed by atoms with E-state index in [1.165, 1.54) is 5.01 Å². The van der Waals surface area contributed by atoms with Gasteiger partial charge in [-0.25, -0.2) is 5.01 Å².